The zero-order valence-electron chi connectivity index (χ0n) is 24.4. The van der Waals surface area contributed by atoms with E-state index in [-0.39, 0.29) is 18.3 Å². The van der Waals surface area contributed by atoms with Crippen LogP contribution in [0.25, 0.3) is 0 Å². The second-order valence-electron chi connectivity index (χ2n) is 10.5. The van der Waals surface area contributed by atoms with Crippen LogP contribution in [0.1, 0.15) is 48.8 Å². The summed E-state index contributed by atoms with van der Waals surface area (Å²) in [6, 6.07) is 23.9. The van der Waals surface area contributed by atoms with E-state index in [0.29, 0.717) is 24.3 Å². The van der Waals surface area contributed by atoms with Gasteiger partial charge in [0.25, 0.3) is 0 Å². The molecule has 0 bridgehead atoms. The number of likely N-dealkylation sites (tertiary alicyclic amines) is 1. The Morgan fingerprint density at radius 2 is 1.40 bits per heavy atom. The molecule has 4 rings (SSSR count). The van der Waals surface area contributed by atoms with Crippen LogP contribution in [0.2, 0.25) is 0 Å². The highest BCUT2D eigenvalue weighted by Crippen LogP contribution is 2.23. The van der Waals surface area contributed by atoms with Gasteiger partial charge >= 0.3 is 6.09 Å². The van der Waals surface area contributed by atoms with Crippen LogP contribution < -0.4 is 20.9 Å². The Morgan fingerprint density at radius 1 is 0.814 bits per heavy atom. The molecule has 5 N–H and O–H groups in total. The number of amides is 1. The topological polar surface area (TPSA) is 145 Å². The third-order valence-electron chi connectivity index (χ3n) is 7.44. The molecule has 0 saturated carbocycles. The van der Waals surface area contributed by atoms with Crippen LogP contribution in [-0.2, 0) is 11.3 Å². The van der Waals surface area contributed by atoms with Gasteiger partial charge in [-0.25, -0.2) is 4.79 Å². The number of amidine groups is 2. The maximum atomic E-state index is 12.0. The maximum Gasteiger partial charge on any atom is 0.435 e. The standard InChI is InChI=1S/C33H41N5O5/c34-31(36-33(39)43-24-26-6-2-1-3-7-26)27-9-13-30(14-10-27)42-23-5-19-38-20-17-25(18-21-38)8-4-22-41-29-15-11-28(12-16-29)32(35)37-40/h1-3,6-7,9-16,25,40H,4-5,8,17-24H2,(H2,35,37)(H2,34,36,39). The Morgan fingerprint density at radius 3 is 2.00 bits per heavy atom. The SMILES string of the molecule is NC(=NO)c1ccc(OCCCC2CCN(CCCOc3ccc(C(N)=NC(=O)OCc4ccccc4)cc3)CC2)cc1. The molecule has 0 atom stereocenters. The van der Waals surface area contributed by atoms with E-state index in [0.717, 1.165) is 55.5 Å². The minimum atomic E-state index is -0.722. The molecule has 3 aromatic rings. The molecule has 43 heavy (non-hydrogen) atoms. The quantitative estimate of drug-likeness (QED) is 0.0771. The van der Waals surface area contributed by atoms with E-state index in [9.17, 15) is 4.79 Å². The molecule has 0 aliphatic carbocycles. The third kappa shape index (κ3) is 10.6. The van der Waals surface area contributed by atoms with Gasteiger partial charge < -0.3 is 35.8 Å². The van der Waals surface area contributed by atoms with E-state index < -0.39 is 6.09 Å². The molecule has 1 heterocycles. The molecule has 1 aliphatic rings. The van der Waals surface area contributed by atoms with Crippen molar-refractivity contribution >= 4 is 17.8 Å². The lowest BCUT2D eigenvalue weighted by molar-refractivity contribution is 0.151. The first-order valence-corrected chi connectivity index (χ1v) is 14.7. The number of piperidine rings is 1. The number of aliphatic imine (C=N–C) groups is 1. The summed E-state index contributed by atoms with van der Waals surface area (Å²) in [5.74, 6) is 2.47. The minimum Gasteiger partial charge on any atom is -0.494 e. The smallest absolute Gasteiger partial charge is 0.435 e. The lowest BCUT2D eigenvalue weighted by Gasteiger charge is -2.32. The van der Waals surface area contributed by atoms with Crippen LogP contribution in [0, 0.1) is 5.92 Å². The number of oxime groups is 1. The number of benzene rings is 3. The normalized spacial score (nSPS) is 14.8. The van der Waals surface area contributed by atoms with Crippen LogP contribution in [0.15, 0.2) is 89.0 Å². The summed E-state index contributed by atoms with van der Waals surface area (Å²) < 4.78 is 16.9. The first kappa shape index (κ1) is 31.4. The summed E-state index contributed by atoms with van der Waals surface area (Å²) >= 11 is 0. The first-order chi connectivity index (χ1) is 21.0. The van der Waals surface area contributed by atoms with Gasteiger partial charge in [-0.15, -0.1) is 0 Å². The lowest BCUT2D eigenvalue weighted by atomic mass is 9.92. The average molecular weight is 588 g/mol. The largest absolute Gasteiger partial charge is 0.494 e. The number of hydrogen-bond donors (Lipinski definition) is 3. The number of carbonyl (C=O) groups excluding carboxylic acids is 1. The van der Waals surface area contributed by atoms with E-state index in [4.69, 9.17) is 30.9 Å². The zero-order chi connectivity index (χ0) is 30.3. The van der Waals surface area contributed by atoms with Gasteiger partial charge in [0.05, 0.1) is 13.2 Å². The number of nitrogens with zero attached hydrogens (tertiary/aromatic N) is 3. The number of ether oxygens (including phenoxy) is 3. The predicted molar refractivity (Wildman–Crippen MR) is 167 cm³/mol. The second-order valence-corrected chi connectivity index (χ2v) is 10.5. The summed E-state index contributed by atoms with van der Waals surface area (Å²) in [6.45, 7) is 4.70. The highest BCUT2D eigenvalue weighted by molar-refractivity contribution is 6.02. The maximum absolute atomic E-state index is 12.0. The lowest BCUT2D eigenvalue weighted by Crippen LogP contribution is -2.35. The van der Waals surface area contributed by atoms with E-state index >= 15 is 0 Å². The molecule has 1 amide bonds. The Kier molecular flexibility index (Phi) is 12.2. The molecule has 0 radical (unpaired) electrons. The van der Waals surface area contributed by atoms with Crippen molar-refractivity contribution in [1.82, 2.24) is 4.90 Å². The van der Waals surface area contributed by atoms with Gasteiger partial charge in [-0.1, -0.05) is 35.5 Å². The van der Waals surface area contributed by atoms with Crippen LogP contribution in [0.4, 0.5) is 4.79 Å². The Labute approximate surface area is 252 Å². The van der Waals surface area contributed by atoms with Gasteiger partial charge in [0.1, 0.15) is 23.9 Å². The Hall–Kier alpha value is -4.57. The van der Waals surface area contributed by atoms with Crippen molar-refractivity contribution < 1.29 is 24.2 Å². The second kappa shape index (κ2) is 16.8. The summed E-state index contributed by atoms with van der Waals surface area (Å²) in [6.07, 6.45) is 4.83. The minimum absolute atomic E-state index is 0.0886. The first-order valence-electron chi connectivity index (χ1n) is 14.7. The molecule has 10 heteroatoms. The molecule has 0 spiro atoms. The Balaban J connectivity index is 1.05. The number of rotatable bonds is 14. The van der Waals surface area contributed by atoms with E-state index in [1.165, 1.54) is 19.3 Å². The molecular weight excluding hydrogens is 546 g/mol. The van der Waals surface area contributed by atoms with Gasteiger partial charge in [0.2, 0.25) is 0 Å². The molecule has 10 nitrogen and oxygen atoms in total. The molecule has 1 aliphatic heterocycles. The fraction of sp³-hybridized carbons (Fsp3) is 0.364. The van der Waals surface area contributed by atoms with E-state index in [1.807, 2.05) is 54.6 Å². The van der Waals surface area contributed by atoms with Gasteiger partial charge in [0.15, 0.2) is 5.84 Å². The van der Waals surface area contributed by atoms with Crippen molar-refractivity contribution in [3.05, 3.63) is 95.6 Å². The van der Waals surface area contributed by atoms with Crippen molar-refractivity contribution in [2.24, 2.45) is 27.5 Å². The molecule has 3 aromatic carbocycles. The van der Waals surface area contributed by atoms with Crippen LogP contribution >= 0.6 is 0 Å². The number of hydrogen-bond acceptors (Lipinski definition) is 7. The summed E-state index contributed by atoms with van der Waals surface area (Å²) in [5, 5.41) is 11.8. The van der Waals surface area contributed by atoms with Crippen LogP contribution in [0.5, 0.6) is 11.5 Å². The molecule has 1 saturated heterocycles. The van der Waals surface area contributed by atoms with Crippen molar-refractivity contribution in [2.75, 3.05) is 32.8 Å². The Bertz CT molecular complexity index is 1320. The highest BCUT2D eigenvalue weighted by Gasteiger charge is 2.18. The summed E-state index contributed by atoms with van der Waals surface area (Å²) in [4.78, 5) is 18.3. The van der Waals surface area contributed by atoms with Gasteiger partial charge in [-0.05, 0) is 105 Å². The monoisotopic (exact) mass is 587 g/mol. The van der Waals surface area contributed by atoms with Crippen molar-refractivity contribution in [2.45, 2.75) is 38.7 Å². The number of carbonyl (C=O) groups is 1. The fourth-order valence-corrected chi connectivity index (χ4v) is 4.95. The molecular formula is C33H41N5O5. The summed E-state index contributed by atoms with van der Waals surface area (Å²) in [5.41, 5.74) is 13.8. The van der Waals surface area contributed by atoms with Crippen molar-refractivity contribution in [3.8, 4) is 11.5 Å². The predicted octanol–water partition coefficient (Wildman–Crippen LogP) is 5.16. The van der Waals surface area contributed by atoms with Crippen molar-refractivity contribution in [1.29, 1.82) is 0 Å². The molecule has 0 unspecified atom stereocenters. The van der Waals surface area contributed by atoms with Gasteiger partial charge in [-0.2, -0.15) is 4.99 Å². The number of nitrogens with two attached hydrogens (primary N) is 2. The fourth-order valence-electron chi connectivity index (χ4n) is 4.95. The van der Waals surface area contributed by atoms with E-state index in [2.05, 4.69) is 15.0 Å². The molecule has 228 valence electrons. The molecule has 0 aromatic heterocycles. The third-order valence-corrected chi connectivity index (χ3v) is 7.44. The average Bonchev–Trinajstić information content (AvgIpc) is 3.05. The molecule has 1 fully saturated rings. The van der Waals surface area contributed by atoms with Crippen LogP contribution in [-0.4, -0.2) is 60.7 Å². The zero-order valence-corrected chi connectivity index (χ0v) is 24.4. The van der Waals surface area contributed by atoms with E-state index in [1.54, 1.807) is 24.3 Å². The summed E-state index contributed by atoms with van der Waals surface area (Å²) in [7, 11) is 0. The highest BCUT2D eigenvalue weighted by atomic mass is 16.5. The van der Waals surface area contributed by atoms with Gasteiger partial charge in [0, 0.05) is 17.7 Å². The van der Waals surface area contributed by atoms with Crippen molar-refractivity contribution in [3.63, 3.8) is 0 Å². The van der Waals surface area contributed by atoms with Gasteiger partial charge in [-0.3, -0.25) is 0 Å². The van der Waals surface area contributed by atoms with Crippen LogP contribution in [0.3, 0.4) is 0 Å².